The molecule has 1 aromatic carbocycles. The van der Waals surface area contributed by atoms with Gasteiger partial charge in [-0.05, 0) is 55.5 Å². The van der Waals surface area contributed by atoms with Gasteiger partial charge in [0.25, 0.3) is 0 Å². The van der Waals surface area contributed by atoms with Gasteiger partial charge in [-0.3, -0.25) is 0 Å². The SMILES string of the molecule is COc1ccc(CN=C(NCCc2ccco2)NCCC2CCCCO2)cc1. The highest BCUT2D eigenvalue weighted by Gasteiger charge is 2.13. The standard InChI is InChI=1S/C22H31N3O3/c1-26-19-9-7-18(8-10-19)17-25-22(24-14-12-21-6-4-16-28-21)23-13-11-20-5-2-3-15-27-20/h4,6-10,16,20H,2-3,5,11-15,17H2,1H3,(H2,23,24,25). The molecule has 0 spiro atoms. The second-order valence-corrected chi connectivity index (χ2v) is 6.97. The summed E-state index contributed by atoms with van der Waals surface area (Å²) in [4.78, 5) is 4.73. The van der Waals surface area contributed by atoms with Gasteiger partial charge in [0, 0.05) is 26.1 Å². The molecular formula is C22H31N3O3. The summed E-state index contributed by atoms with van der Waals surface area (Å²) in [6, 6.07) is 11.9. The maximum absolute atomic E-state index is 5.82. The molecule has 28 heavy (non-hydrogen) atoms. The van der Waals surface area contributed by atoms with Crippen LogP contribution in [0, 0.1) is 0 Å². The average molecular weight is 386 g/mol. The Morgan fingerprint density at radius 1 is 1.14 bits per heavy atom. The van der Waals surface area contributed by atoms with Crippen LogP contribution in [0.2, 0.25) is 0 Å². The fourth-order valence-electron chi connectivity index (χ4n) is 3.22. The number of guanidine groups is 1. The Morgan fingerprint density at radius 2 is 2.00 bits per heavy atom. The molecule has 1 aromatic heterocycles. The summed E-state index contributed by atoms with van der Waals surface area (Å²) in [5, 5.41) is 6.85. The number of furan rings is 1. The fraction of sp³-hybridized carbons (Fsp3) is 0.500. The van der Waals surface area contributed by atoms with E-state index in [0.717, 1.165) is 62.0 Å². The molecule has 152 valence electrons. The van der Waals surface area contributed by atoms with Crippen LogP contribution in [0.5, 0.6) is 5.75 Å². The van der Waals surface area contributed by atoms with Gasteiger partial charge in [-0.1, -0.05) is 12.1 Å². The Bertz CT molecular complexity index is 692. The molecule has 1 saturated heterocycles. The van der Waals surface area contributed by atoms with Crippen LogP contribution in [-0.4, -0.2) is 38.9 Å². The number of hydrogen-bond acceptors (Lipinski definition) is 4. The fourth-order valence-corrected chi connectivity index (χ4v) is 3.22. The second kappa shape index (κ2) is 11.4. The van der Waals surface area contributed by atoms with Crippen LogP contribution in [0.4, 0.5) is 0 Å². The highest BCUT2D eigenvalue weighted by molar-refractivity contribution is 5.79. The molecule has 2 aromatic rings. The summed E-state index contributed by atoms with van der Waals surface area (Å²) in [5.41, 5.74) is 1.14. The van der Waals surface area contributed by atoms with Crippen molar-refractivity contribution in [2.24, 2.45) is 4.99 Å². The molecule has 6 nitrogen and oxygen atoms in total. The predicted molar refractivity (Wildman–Crippen MR) is 111 cm³/mol. The van der Waals surface area contributed by atoms with Crippen LogP contribution in [0.15, 0.2) is 52.1 Å². The Labute approximate surface area is 167 Å². The van der Waals surface area contributed by atoms with E-state index in [2.05, 4.69) is 10.6 Å². The first-order valence-electron chi connectivity index (χ1n) is 10.1. The van der Waals surface area contributed by atoms with Crippen molar-refractivity contribution in [3.63, 3.8) is 0 Å². The van der Waals surface area contributed by atoms with Crippen molar-refractivity contribution in [1.82, 2.24) is 10.6 Å². The monoisotopic (exact) mass is 385 g/mol. The molecule has 1 aliphatic rings. The van der Waals surface area contributed by atoms with Crippen molar-refractivity contribution in [2.75, 3.05) is 26.8 Å². The van der Waals surface area contributed by atoms with E-state index in [-0.39, 0.29) is 0 Å². The Morgan fingerprint density at radius 3 is 2.71 bits per heavy atom. The van der Waals surface area contributed by atoms with Crippen molar-refractivity contribution in [2.45, 2.75) is 44.8 Å². The van der Waals surface area contributed by atoms with E-state index in [9.17, 15) is 0 Å². The van der Waals surface area contributed by atoms with Gasteiger partial charge in [-0.15, -0.1) is 0 Å². The van der Waals surface area contributed by atoms with Crippen LogP contribution in [0.1, 0.15) is 37.0 Å². The molecule has 0 amide bonds. The lowest BCUT2D eigenvalue weighted by Crippen LogP contribution is -2.40. The Hall–Kier alpha value is -2.47. The van der Waals surface area contributed by atoms with E-state index < -0.39 is 0 Å². The molecule has 0 radical (unpaired) electrons. The van der Waals surface area contributed by atoms with Gasteiger partial charge in [0.1, 0.15) is 11.5 Å². The number of ether oxygens (including phenoxy) is 2. The van der Waals surface area contributed by atoms with Gasteiger partial charge in [-0.25, -0.2) is 4.99 Å². The molecule has 0 saturated carbocycles. The minimum atomic E-state index is 0.368. The van der Waals surface area contributed by atoms with Gasteiger partial charge in [0.05, 0.1) is 26.0 Å². The second-order valence-electron chi connectivity index (χ2n) is 6.97. The van der Waals surface area contributed by atoms with Crippen molar-refractivity contribution in [3.05, 3.63) is 54.0 Å². The zero-order valence-electron chi connectivity index (χ0n) is 16.7. The third-order valence-electron chi connectivity index (χ3n) is 4.86. The van der Waals surface area contributed by atoms with E-state index >= 15 is 0 Å². The largest absolute Gasteiger partial charge is 0.497 e. The quantitative estimate of drug-likeness (QED) is 0.511. The van der Waals surface area contributed by atoms with Crippen molar-refractivity contribution >= 4 is 5.96 Å². The average Bonchev–Trinajstić information content (AvgIpc) is 3.26. The maximum Gasteiger partial charge on any atom is 0.191 e. The smallest absolute Gasteiger partial charge is 0.191 e. The first kappa shape index (κ1) is 20.3. The molecule has 3 rings (SSSR count). The molecule has 6 heteroatoms. The summed E-state index contributed by atoms with van der Waals surface area (Å²) in [6.45, 7) is 3.12. The molecule has 2 heterocycles. The summed E-state index contributed by atoms with van der Waals surface area (Å²) in [6.07, 6.45) is 7.51. The molecule has 1 aliphatic heterocycles. The third-order valence-corrected chi connectivity index (χ3v) is 4.86. The van der Waals surface area contributed by atoms with Gasteiger partial charge < -0.3 is 24.5 Å². The summed E-state index contributed by atoms with van der Waals surface area (Å²) >= 11 is 0. The predicted octanol–water partition coefficient (Wildman–Crippen LogP) is 3.53. The topological polar surface area (TPSA) is 68.0 Å². The first-order chi connectivity index (χ1) is 13.8. The molecule has 2 N–H and O–H groups in total. The number of nitrogens with one attached hydrogen (secondary N) is 2. The van der Waals surface area contributed by atoms with E-state index in [4.69, 9.17) is 18.9 Å². The lowest BCUT2D eigenvalue weighted by atomic mass is 10.1. The summed E-state index contributed by atoms with van der Waals surface area (Å²) in [7, 11) is 1.67. The number of benzene rings is 1. The first-order valence-corrected chi connectivity index (χ1v) is 10.1. The summed E-state index contributed by atoms with van der Waals surface area (Å²) in [5.74, 6) is 2.64. The van der Waals surface area contributed by atoms with Crippen molar-refractivity contribution in [3.8, 4) is 5.75 Å². The van der Waals surface area contributed by atoms with Gasteiger partial charge in [0.15, 0.2) is 5.96 Å². The number of nitrogens with zero attached hydrogens (tertiary/aromatic N) is 1. The van der Waals surface area contributed by atoms with E-state index in [1.165, 1.54) is 12.8 Å². The van der Waals surface area contributed by atoms with E-state index in [1.54, 1.807) is 13.4 Å². The highest BCUT2D eigenvalue weighted by atomic mass is 16.5. The molecule has 0 aliphatic carbocycles. The van der Waals surface area contributed by atoms with E-state index in [1.807, 2.05) is 36.4 Å². The summed E-state index contributed by atoms with van der Waals surface area (Å²) < 4.78 is 16.4. The lowest BCUT2D eigenvalue weighted by Gasteiger charge is -2.23. The van der Waals surface area contributed by atoms with Crippen molar-refractivity contribution in [1.29, 1.82) is 0 Å². The van der Waals surface area contributed by atoms with Crippen LogP contribution in [0.25, 0.3) is 0 Å². The third kappa shape index (κ3) is 6.93. The molecule has 1 atom stereocenters. The zero-order valence-corrected chi connectivity index (χ0v) is 16.7. The van der Waals surface area contributed by atoms with Crippen molar-refractivity contribution < 1.29 is 13.9 Å². The van der Waals surface area contributed by atoms with Gasteiger partial charge >= 0.3 is 0 Å². The Balaban J connectivity index is 1.50. The lowest BCUT2D eigenvalue weighted by molar-refractivity contribution is 0.0122. The minimum Gasteiger partial charge on any atom is -0.497 e. The molecule has 1 fully saturated rings. The number of aliphatic imine (C=N–C) groups is 1. The number of methoxy groups -OCH3 is 1. The molecule has 0 bridgehead atoms. The van der Waals surface area contributed by atoms with Gasteiger partial charge in [-0.2, -0.15) is 0 Å². The number of rotatable bonds is 9. The minimum absolute atomic E-state index is 0.368. The normalized spacial score (nSPS) is 17.3. The van der Waals surface area contributed by atoms with Crippen LogP contribution in [-0.2, 0) is 17.7 Å². The molecular weight excluding hydrogens is 354 g/mol. The van der Waals surface area contributed by atoms with E-state index in [0.29, 0.717) is 12.6 Å². The van der Waals surface area contributed by atoms with Crippen LogP contribution < -0.4 is 15.4 Å². The van der Waals surface area contributed by atoms with Crippen LogP contribution >= 0.6 is 0 Å². The molecule has 1 unspecified atom stereocenters. The maximum atomic E-state index is 5.82. The number of hydrogen-bond donors (Lipinski definition) is 2. The zero-order chi connectivity index (χ0) is 19.4. The van der Waals surface area contributed by atoms with Gasteiger partial charge in [0.2, 0.25) is 0 Å². The highest BCUT2D eigenvalue weighted by Crippen LogP contribution is 2.15. The Kier molecular flexibility index (Phi) is 8.25. The van der Waals surface area contributed by atoms with Crippen LogP contribution in [0.3, 0.4) is 0 Å².